The molecule has 2 rings (SSSR count). The van der Waals surface area contributed by atoms with Crippen LogP contribution in [0.2, 0.25) is 0 Å². The van der Waals surface area contributed by atoms with Crippen molar-refractivity contribution >= 4 is 29.0 Å². The summed E-state index contributed by atoms with van der Waals surface area (Å²) in [5, 5.41) is 13.6. The van der Waals surface area contributed by atoms with E-state index in [1.807, 2.05) is 5.38 Å². The lowest BCUT2D eigenvalue weighted by Crippen LogP contribution is -2.32. The van der Waals surface area contributed by atoms with Crippen molar-refractivity contribution in [2.24, 2.45) is 5.41 Å². The van der Waals surface area contributed by atoms with E-state index in [1.165, 1.54) is 11.3 Å². The van der Waals surface area contributed by atoms with Gasteiger partial charge >= 0.3 is 5.97 Å². The fourth-order valence-corrected chi connectivity index (χ4v) is 2.79. The molecule has 1 heterocycles. The number of benzene rings is 1. The molecule has 0 aliphatic heterocycles. The standard InChI is InChI=1S/C18H19NO4S/c1-18(2,17(22)23)9-10-19-16(21)13-7-4-3-6-12(13)15(20)14-8-5-11-24-14/h3-8,11H,9-10H2,1-2H3,(H,19,21)(H,22,23). The number of nitrogens with one attached hydrogen (secondary N) is 1. The Morgan fingerprint density at radius 2 is 1.75 bits per heavy atom. The quantitative estimate of drug-likeness (QED) is 0.755. The smallest absolute Gasteiger partial charge is 0.309 e. The molecule has 0 saturated heterocycles. The summed E-state index contributed by atoms with van der Waals surface area (Å²) in [6.45, 7) is 3.44. The molecular weight excluding hydrogens is 326 g/mol. The minimum absolute atomic E-state index is 0.193. The van der Waals surface area contributed by atoms with Crippen molar-refractivity contribution in [2.45, 2.75) is 20.3 Å². The SMILES string of the molecule is CC(C)(CCNC(=O)c1ccccc1C(=O)c1cccs1)C(=O)O. The van der Waals surface area contributed by atoms with Gasteiger partial charge in [0.15, 0.2) is 0 Å². The molecule has 24 heavy (non-hydrogen) atoms. The van der Waals surface area contributed by atoms with E-state index in [1.54, 1.807) is 50.2 Å². The maximum Gasteiger partial charge on any atom is 0.309 e. The molecule has 0 aliphatic carbocycles. The number of carboxylic acids is 1. The molecule has 5 nitrogen and oxygen atoms in total. The zero-order valence-electron chi connectivity index (χ0n) is 13.5. The number of ketones is 1. The number of hydrogen-bond donors (Lipinski definition) is 2. The van der Waals surface area contributed by atoms with Crippen LogP contribution in [0.3, 0.4) is 0 Å². The van der Waals surface area contributed by atoms with Gasteiger partial charge in [0, 0.05) is 12.1 Å². The van der Waals surface area contributed by atoms with Crippen LogP contribution < -0.4 is 5.32 Å². The summed E-state index contributed by atoms with van der Waals surface area (Å²) in [4.78, 5) is 36.6. The van der Waals surface area contributed by atoms with Crippen molar-refractivity contribution in [2.75, 3.05) is 6.54 Å². The zero-order valence-corrected chi connectivity index (χ0v) is 14.4. The lowest BCUT2D eigenvalue weighted by Gasteiger charge is -2.19. The number of hydrogen-bond acceptors (Lipinski definition) is 4. The van der Waals surface area contributed by atoms with E-state index in [9.17, 15) is 14.4 Å². The average Bonchev–Trinajstić information content (AvgIpc) is 3.08. The van der Waals surface area contributed by atoms with Crippen molar-refractivity contribution in [1.29, 1.82) is 0 Å². The van der Waals surface area contributed by atoms with Gasteiger partial charge in [0.2, 0.25) is 5.78 Å². The van der Waals surface area contributed by atoms with E-state index < -0.39 is 11.4 Å². The number of aliphatic carboxylic acids is 1. The molecule has 0 bridgehead atoms. The third-order valence-electron chi connectivity index (χ3n) is 3.78. The second-order valence-corrected chi connectivity index (χ2v) is 6.99. The van der Waals surface area contributed by atoms with Crippen molar-refractivity contribution in [3.8, 4) is 0 Å². The highest BCUT2D eigenvalue weighted by molar-refractivity contribution is 7.12. The van der Waals surface area contributed by atoms with Gasteiger partial charge in [-0.3, -0.25) is 14.4 Å². The molecule has 1 aromatic heterocycles. The first-order valence-electron chi connectivity index (χ1n) is 7.52. The van der Waals surface area contributed by atoms with E-state index in [0.29, 0.717) is 22.4 Å². The summed E-state index contributed by atoms with van der Waals surface area (Å²) in [6.07, 6.45) is 0.301. The number of rotatable bonds is 7. The summed E-state index contributed by atoms with van der Waals surface area (Å²) < 4.78 is 0. The maximum absolute atomic E-state index is 12.5. The Hall–Kier alpha value is -2.47. The first-order chi connectivity index (χ1) is 11.3. The van der Waals surface area contributed by atoms with Gasteiger partial charge in [0.05, 0.1) is 15.9 Å². The molecule has 126 valence electrons. The summed E-state index contributed by atoms with van der Waals surface area (Å²) >= 11 is 1.32. The van der Waals surface area contributed by atoms with E-state index in [4.69, 9.17) is 5.11 Å². The Bertz CT molecular complexity index is 750. The Balaban J connectivity index is 2.11. The molecule has 0 unspecified atom stereocenters. The largest absolute Gasteiger partial charge is 0.481 e. The second-order valence-electron chi connectivity index (χ2n) is 6.05. The van der Waals surface area contributed by atoms with Gasteiger partial charge < -0.3 is 10.4 Å². The van der Waals surface area contributed by atoms with Crippen LogP contribution in [0.1, 0.15) is 45.9 Å². The Morgan fingerprint density at radius 1 is 1.08 bits per heavy atom. The highest BCUT2D eigenvalue weighted by Crippen LogP contribution is 2.20. The molecule has 0 aliphatic rings. The molecule has 2 aromatic rings. The van der Waals surface area contributed by atoms with Crippen molar-refractivity contribution in [3.05, 3.63) is 57.8 Å². The maximum atomic E-state index is 12.5. The normalized spacial score (nSPS) is 11.1. The van der Waals surface area contributed by atoms with Crippen LogP contribution >= 0.6 is 11.3 Å². The molecule has 6 heteroatoms. The topological polar surface area (TPSA) is 83.5 Å². The Labute approximate surface area is 144 Å². The summed E-state index contributed by atoms with van der Waals surface area (Å²) in [5.41, 5.74) is -0.279. The summed E-state index contributed by atoms with van der Waals surface area (Å²) in [5.74, 6) is -1.48. The molecule has 0 atom stereocenters. The minimum atomic E-state index is -0.917. The molecule has 0 spiro atoms. The molecule has 0 saturated carbocycles. The van der Waals surface area contributed by atoms with Gasteiger partial charge in [-0.2, -0.15) is 0 Å². The third-order valence-corrected chi connectivity index (χ3v) is 4.64. The van der Waals surface area contributed by atoms with Crippen LogP contribution in [0.15, 0.2) is 41.8 Å². The second kappa shape index (κ2) is 7.40. The van der Waals surface area contributed by atoms with Gasteiger partial charge in [-0.05, 0) is 37.8 Å². The highest BCUT2D eigenvalue weighted by Gasteiger charge is 2.27. The van der Waals surface area contributed by atoms with Crippen LogP contribution in [0.25, 0.3) is 0 Å². The fraction of sp³-hybridized carbons (Fsp3) is 0.278. The van der Waals surface area contributed by atoms with Gasteiger partial charge in [0.25, 0.3) is 5.91 Å². The Kier molecular flexibility index (Phi) is 5.51. The third kappa shape index (κ3) is 4.08. The van der Waals surface area contributed by atoms with Crippen molar-refractivity contribution < 1.29 is 19.5 Å². The first kappa shape index (κ1) is 17.9. The predicted molar refractivity (Wildman–Crippen MR) is 92.6 cm³/mol. The average molecular weight is 345 g/mol. The van der Waals surface area contributed by atoms with Crippen LogP contribution in [-0.2, 0) is 4.79 Å². The highest BCUT2D eigenvalue weighted by atomic mass is 32.1. The number of carboxylic acid groups (broad SMARTS) is 1. The number of amides is 1. The van der Waals surface area contributed by atoms with Crippen LogP contribution in [0.4, 0.5) is 0 Å². The lowest BCUT2D eigenvalue weighted by molar-refractivity contribution is -0.147. The molecule has 1 aromatic carbocycles. The van der Waals surface area contributed by atoms with E-state index in [2.05, 4.69) is 5.32 Å². The molecule has 0 fully saturated rings. The lowest BCUT2D eigenvalue weighted by atomic mass is 9.89. The monoisotopic (exact) mass is 345 g/mol. The first-order valence-corrected chi connectivity index (χ1v) is 8.40. The molecule has 1 amide bonds. The van der Waals surface area contributed by atoms with E-state index in [0.717, 1.165) is 0 Å². The molecular formula is C18H19NO4S. The van der Waals surface area contributed by atoms with Crippen LogP contribution in [0, 0.1) is 5.41 Å². The van der Waals surface area contributed by atoms with Crippen molar-refractivity contribution in [3.63, 3.8) is 0 Å². The van der Waals surface area contributed by atoms with Gasteiger partial charge in [0.1, 0.15) is 0 Å². The van der Waals surface area contributed by atoms with Crippen molar-refractivity contribution in [1.82, 2.24) is 5.32 Å². The number of thiophene rings is 1. The minimum Gasteiger partial charge on any atom is -0.481 e. The zero-order chi connectivity index (χ0) is 17.7. The van der Waals surface area contributed by atoms with Gasteiger partial charge in [-0.1, -0.05) is 24.3 Å². The van der Waals surface area contributed by atoms with Crippen LogP contribution in [-0.4, -0.2) is 29.3 Å². The van der Waals surface area contributed by atoms with E-state index >= 15 is 0 Å². The number of carbonyl (C=O) groups excluding carboxylic acids is 2. The Morgan fingerprint density at radius 3 is 2.33 bits per heavy atom. The molecule has 0 radical (unpaired) electrons. The fourth-order valence-electron chi connectivity index (χ4n) is 2.11. The van der Waals surface area contributed by atoms with Gasteiger partial charge in [-0.25, -0.2) is 0 Å². The van der Waals surface area contributed by atoms with Gasteiger partial charge in [-0.15, -0.1) is 11.3 Å². The number of carbonyl (C=O) groups is 3. The van der Waals surface area contributed by atoms with E-state index in [-0.39, 0.29) is 18.2 Å². The molecule has 2 N–H and O–H groups in total. The summed E-state index contributed by atoms with van der Waals surface area (Å²) in [6, 6.07) is 10.1. The summed E-state index contributed by atoms with van der Waals surface area (Å²) in [7, 11) is 0. The van der Waals surface area contributed by atoms with Crippen LogP contribution in [0.5, 0.6) is 0 Å². The predicted octanol–water partition coefficient (Wildman–Crippen LogP) is 3.21.